The fourth-order valence-electron chi connectivity index (χ4n) is 3.54. The molecule has 1 aliphatic heterocycles. The summed E-state index contributed by atoms with van der Waals surface area (Å²) < 4.78 is 19.5. The summed E-state index contributed by atoms with van der Waals surface area (Å²) >= 11 is 0. The topological polar surface area (TPSA) is 21.3 Å². The molecule has 1 aliphatic carbocycles. The molecule has 108 valence electrons. The van der Waals surface area contributed by atoms with E-state index in [0.717, 1.165) is 42.7 Å². The van der Waals surface area contributed by atoms with Crippen LogP contribution in [-0.4, -0.2) is 6.61 Å². The third-order valence-corrected chi connectivity index (χ3v) is 4.57. The Hall–Kier alpha value is -1.87. The molecule has 0 radical (unpaired) electrons. The molecule has 2 aromatic rings. The molecule has 0 fully saturated rings. The van der Waals surface area contributed by atoms with Crippen molar-refractivity contribution in [3.05, 3.63) is 65.0 Å². The zero-order valence-corrected chi connectivity index (χ0v) is 11.8. The number of rotatable bonds is 2. The standard InChI is InChI=1S/C18H18FNO/c19-15-6-3-5-13-12(15)8-9-16(13)20-17-10-11-21-18-7-2-1-4-14(17)18/h1-7,16-17,20H,8-11H2. The van der Waals surface area contributed by atoms with E-state index in [4.69, 9.17) is 4.74 Å². The van der Waals surface area contributed by atoms with Crippen molar-refractivity contribution in [3.8, 4) is 5.75 Å². The second-order valence-corrected chi connectivity index (χ2v) is 5.79. The quantitative estimate of drug-likeness (QED) is 0.901. The number of benzene rings is 2. The minimum atomic E-state index is -0.0656. The summed E-state index contributed by atoms with van der Waals surface area (Å²) in [4.78, 5) is 0. The first-order chi connectivity index (χ1) is 10.3. The van der Waals surface area contributed by atoms with Gasteiger partial charge in [0.25, 0.3) is 0 Å². The molecule has 0 aromatic heterocycles. The van der Waals surface area contributed by atoms with E-state index in [1.54, 1.807) is 6.07 Å². The molecular formula is C18H18FNO. The van der Waals surface area contributed by atoms with Gasteiger partial charge in [0.1, 0.15) is 11.6 Å². The largest absolute Gasteiger partial charge is 0.493 e. The molecule has 2 atom stereocenters. The Labute approximate surface area is 123 Å². The van der Waals surface area contributed by atoms with Crippen LogP contribution in [0, 0.1) is 5.82 Å². The van der Waals surface area contributed by atoms with Gasteiger partial charge >= 0.3 is 0 Å². The van der Waals surface area contributed by atoms with Crippen LogP contribution in [0.3, 0.4) is 0 Å². The van der Waals surface area contributed by atoms with E-state index in [9.17, 15) is 4.39 Å². The molecule has 1 heterocycles. The highest BCUT2D eigenvalue weighted by Crippen LogP contribution is 2.38. The molecule has 0 saturated carbocycles. The Morgan fingerprint density at radius 2 is 1.76 bits per heavy atom. The normalized spacial score (nSPS) is 23.3. The Balaban J connectivity index is 1.61. The van der Waals surface area contributed by atoms with Crippen LogP contribution < -0.4 is 10.1 Å². The van der Waals surface area contributed by atoms with E-state index in [0.29, 0.717) is 0 Å². The molecule has 2 aromatic carbocycles. The molecule has 1 N–H and O–H groups in total. The van der Waals surface area contributed by atoms with Crippen LogP contribution >= 0.6 is 0 Å². The second kappa shape index (κ2) is 5.15. The van der Waals surface area contributed by atoms with E-state index >= 15 is 0 Å². The molecule has 2 unspecified atom stereocenters. The maximum atomic E-state index is 13.8. The number of hydrogen-bond donors (Lipinski definition) is 1. The van der Waals surface area contributed by atoms with Crippen LogP contribution in [-0.2, 0) is 6.42 Å². The van der Waals surface area contributed by atoms with Gasteiger partial charge in [0.05, 0.1) is 6.61 Å². The number of hydrogen-bond acceptors (Lipinski definition) is 2. The highest BCUT2D eigenvalue weighted by atomic mass is 19.1. The predicted octanol–water partition coefficient (Wildman–Crippen LogP) is 3.93. The van der Waals surface area contributed by atoms with E-state index in [1.165, 1.54) is 5.56 Å². The minimum absolute atomic E-state index is 0.0656. The van der Waals surface area contributed by atoms with Gasteiger partial charge in [0.15, 0.2) is 0 Å². The highest BCUT2D eigenvalue weighted by molar-refractivity contribution is 5.39. The molecule has 3 heteroatoms. The number of nitrogens with one attached hydrogen (secondary N) is 1. The lowest BCUT2D eigenvalue weighted by Gasteiger charge is -2.29. The number of para-hydroxylation sites is 1. The van der Waals surface area contributed by atoms with Gasteiger partial charge in [-0.3, -0.25) is 0 Å². The summed E-state index contributed by atoms with van der Waals surface area (Å²) in [5.41, 5.74) is 3.22. The fourth-order valence-corrected chi connectivity index (χ4v) is 3.54. The van der Waals surface area contributed by atoms with E-state index in [-0.39, 0.29) is 17.9 Å². The summed E-state index contributed by atoms with van der Waals surface area (Å²) in [6, 6.07) is 14.1. The molecule has 0 spiro atoms. The molecule has 4 rings (SSSR count). The van der Waals surface area contributed by atoms with Crippen LogP contribution in [0.4, 0.5) is 4.39 Å². The number of fused-ring (bicyclic) bond motifs is 2. The maximum absolute atomic E-state index is 13.8. The van der Waals surface area contributed by atoms with Crippen molar-refractivity contribution >= 4 is 0 Å². The average Bonchev–Trinajstić information content (AvgIpc) is 2.92. The van der Waals surface area contributed by atoms with Crippen molar-refractivity contribution in [1.29, 1.82) is 0 Å². The van der Waals surface area contributed by atoms with Crippen molar-refractivity contribution < 1.29 is 9.13 Å². The van der Waals surface area contributed by atoms with E-state index < -0.39 is 0 Å². The van der Waals surface area contributed by atoms with Gasteiger partial charge in [0, 0.05) is 24.1 Å². The number of ether oxygens (including phenoxy) is 1. The Morgan fingerprint density at radius 3 is 2.71 bits per heavy atom. The van der Waals surface area contributed by atoms with Gasteiger partial charge in [0.2, 0.25) is 0 Å². The van der Waals surface area contributed by atoms with Gasteiger partial charge in [-0.1, -0.05) is 30.3 Å². The molecular weight excluding hydrogens is 265 g/mol. The molecule has 2 nitrogen and oxygen atoms in total. The lowest BCUT2D eigenvalue weighted by molar-refractivity contribution is 0.244. The lowest BCUT2D eigenvalue weighted by atomic mass is 9.98. The predicted molar refractivity (Wildman–Crippen MR) is 79.9 cm³/mol. The Morgan fingerprint density at radius 1 is 0.952 bits per heavy atom. The van der Waals surface area contributed by atoms with Gasteiger partial charge < -0.3 is 10.1 Å². The van der Waals surface area contributed by atoms with Gasteiger partial charge in [-0.2, -0.15) is 0 Å². The van der Waals surface area contributed by atoms with Crippen molar-refractivity contribution in [2.75, 3.05) is 6.61 Å². The maximum Gasteiger partial charge on any atom is 0.126 e. The van der Waals surface area contributed by atoms with Gasteiger partial charge in [-0.15, -0.1) is 0 Å². The van der Waals surface area contributed by atoms with Crippen molar-refractivity contribution in [1.82, 2.24) is 5.32 Å². The summed E-state index contributed by atoms with van der Waals surface area (Å²) in [5, 5.41) is 3.71. The average molecular weight is 283 g/mol. The zero-order valence-electron chi connectivity index (χ0n) is 11.8. The lowest BCUT2D eigenvalue weighted by Crippen LogP contribution is -2.29. The monoisotopic (exact) mass is 283 g/mol. The smallest absolute Gasteiger partial charge is 0.126 e. The summed E-state index contributed by atoms with van der Waals surface area (Å²) in [7, 11) is 0. The van der Waals surface area contributed by atoms with Crippen LogP contribution in [0.15, 0.2) is 42.5 Å². The molecule has 0 bridgehead atoms. The Bertz CT molecular complexity index is 670. The van der Waals surface area contributed by atoms with Crippen LogP contribution in [0.25, 0.3) is 0 Å². The molecule has 0 saturated heterocycles. The van der Waals surface area contributed by atoms with Crippen LogP contribution in [0.2, 0.25) is 0 Å². The SMILES string of the molecule is Fc1cccc2c1CCC2NC1CCOc2ccccc21. The summed E-state index contributed by atoms with van der Waals surface area (Å²) in [6.45, 7) is 0.734. The fraction of sp³-hybridized carbons (Fsp3) is 0.333. The van der Waals surface area contributed by atoms with Crippen LogP contribution in [0.5, 0.6) is 5.75 Å². The first kappa shape index (κ1) is 12.8. The van der Waals surface area contributed by atoms with E-state index in [2.05, 4.69) is 11.4 Å². The first-order valence-electron chi connectivity index (χ1n) is 7.58. The van der Waals surface area contributed by atoms with Crippen molar-refractivity contribution in [3.63, 3.8) is 0 Å². The van der Waals surface area contributed by atoms with Crippen molar-refractivity contribution in [2.45, 2.75) is 31.3 Å². The summed E-state index contributed by atoms with van der Waals surface area (Å²) in [5.74, 6) is 0.905. The first-order valence-corrected chi connectivity index (χ1v) is 7.58. The zero-order chi connectivity index (χ0) is 14.2. The second-order valence-electron chi connectivity index (χ2n) is 5.79. The molecule has 2 aliphatic rings. The van der Waals surface area contributed by atoms with Gasteiger partial charge in [-0.05, 0) is 36.1 Å². The Kier molecular flexibility index (Phi) is 3.15. The van der Waals surface area contributed by atoms with Crippen LogP contribution in [0.1, 0.15) is 41.6 Å². The van der Waals surface area contributed by atoms with Crippen molar-refractivity contribution in [2.24, 2.45) is 0 Å². The highest BCUT2D eigenvalue weighted by Gasteiger charge is 2.29. The minimum Gasteiger partial charge on any atom is -0.493 e. The summed E-state index contributed by atoms with van der Waals surface area (Å²) in [6.07, 6.45) is 2.75. The third-order valence-electron chi connectivity index (χ3n) is 4.57. The molecule has 0 amide bonds. The van der Waals surface area contributed by atoms with E-state index in [1.807, 2.05) is 30.3 Å². The van der Waals surface area contributed by atoms with Gasteiger partial charge in [-0.25, -0.2) is 4.39 Å². The number of halogens is 1. The molecule has 21 heavy (non-hydrogen) atoms. The third kappa shape index (κ3) is 2.22.